The molecule has 1 atom stereocenters. The Morgan fingerprint density at radius 1 is 1.79 bits per heavy atom. The summed E-state index contributed by atoms with van der Waals surface area (Å²) in [4.78, 5) is 10.9. The number of carbonyl (C=O) groups is 1. The van der Waals surface area contributed by atoms with Crippen LogP contribution in [0.15, 0.2) is 12.7 Å². The second kappa shape index (κ2) is 7.96. The van der Waals surface area contributed by atoms with Crippen molar-refractivity contribution in [2.24, 2.45) is 5.84 Å². The van der Waals surface area contributed by atoms with Crippen molar-refractivity contribution in [1.82, 2.24) is 5.01 Å². The maximum atomic E-state index is 11.2. The van der Waals surface area contributed by atoms with Crippen molar-refractivity contribution in [3.05, 3.63) is 12.7 Å². The van der Waals surface area contributed by atoms with Crippen molar-refractivity contribution in [2.75, 3.05) is 19.7 Å². The summed E-state index contributed by atoms with van der Waals surface area (Å²) >= 11 is 3.24. The number of nitrogens with zero attached hydrogens (tertiary/aromatic N) is 1. The van der Waals surface area contributed by atoms with Gasteiger partial charge in [-0.25, -0.2) is 5.01 Å². The maximum Gasteiger partial charge on any atom is 0.319 e. The van der Waals surface area contributed by atoms with E-state index in [-0.39, 0.29) is 10.8 Å². The van der Waals surface area contributed by atoms with Crippen LogP contribution in [0.2, 0.25) is 0 Å². The SMILES string of the molecule is C=CCN(N)CCC(Br)C(=O)OCC. The summed E-state index contributed by atoms with van der Waals surface area (Å²) in [6, 6.07) is 0. The lowest BCUT2D eigenvalue weighted by atomic mass is 10.3. The molecule has 2 N–H and O–H groups in total. The third kappa shape index (κ3) is 6.12. The summed E-state index contributed by atoms with van der Waals surface area (Å²) in [6.07, 6.45) is 2.34. The zero-order valence-electron chi connectivity index (χ0n) is 8.41. The number of hydrogen-bond donors (Lipinski definition) is 1. The van der Waals surface area contributed by atoms with Gasteiger partial charge in [0.2, 0.25) is 0 Å². The fourth-order valence-electron chi connectivity index (χ4n) is 0.887. The molecule has 0 aromatic rings. The van der Waals surface area contributed by atoms with Crippen LogP contribution in [0.25, 0.3) is 0 Å². The number of hydrogen-bond acceptors (Lipinski definition) is 4. The van der Waals surface area contributed by atoms with E-state index in [1.54, 1.807) is 18.0 Å². The van der Waals surface area contributed by atoms with Crippen molar-refractivity contribution in [1.29, 1.82) is 0 Å². The van der Waals surface area contributed by atoms with Crippen LogP contribution in [0.5, 0.6) is 0 Å². The molecule has 0 fully saturated rings. The van der Waals surface area contributed by atoms with E-state index < -0.39 is 0 Å². The Morgan fingerprint density at radius 3 is 2.93 bits per heavy atom. The quantitative estimate of drug-likeness (QED) is 0.246. The summed E-state index contributed by atoms with van der Waals surface area (Å²) in [5, 5.41) is 1.60. The topological polar surface area (TPSA) is 55.6 Å². The van der Waals surface area contributed by atoms with E-state index in [2.05, 4.69) is 22.5 Å². The molecule has 0 radical (unpaired) electrons. The zero-order chi connectivity index (χ0) is 11.0. The van der Waals surface area contributed by atoms with Crippen molar-refractivity contribution < 1.29 is 9.53 Å². The molecule has 5 heteroatoms. The fraction of sp³-hybridized carbons (Fsp3) is 0.667. The van der Waals surface area contributed by atoms with Crippen molar-refractivity contribution >= 4 is 21.9 Å². The Hall–Kier alpha value is -0.390. The van der Waals surface area contributed by atoms with Crippen LogP contribution in [-0.4, -0.2) is 35.5 Å². The Morgan fingerprint density at radius 2 is 2.43 bits per heavy atom. The number of carbonyl (C=O) groups excluding carboxylic acids is 1. The lowest BCUT2D eigenvalue weighted by Gasteiger charge is -2.15. The summed E-state index contributed by atoms with van der Waals surface area (Å²) in [5.74, 6) is 5.36. The van der Waals surface area contributed by atoms with Crippen molar-refractivity contribution in [2.45, 2.75) is 18.2 Å². The number of alkyl halides is 1. The van der Waals surface area contributed by atoms with E-state index in [0.29, 0.717) is 26.1 Å². The molecule has 0 aromatic heterocycles. The van der Waals surface area contributed by atoms with Gasteiger partial charge in [0.25, 0.3) is 0 Å². The minimum absolute atomic E-state index is 0.237. The number of nitrogens with two attached hydrogens (primary N) is 1. The average Bonchev–Trinajstić information content (AvgIpc) is 2.15. The van der Waals surface area contributed by atoms with Gasteiger partial charge in [-0.1, -0.05) is 22.0 Å². The second-order valence-corrected chi connectivity index (χ2v) is 3.90. The molecule has 82 valence electrons. The Bertz CT molecular complexity index is 188. The van der Waals surface area contributed by atoms with Gasteiger partial charge in [0, 0.05) is 13.1 Å². The fourth-order valence-corrected chi connectivity index (χ4v) is 1.22. The predicted octanol–water partition coefficient (Wildman–Crippen LogP) is 1.06. The van der Waals surface area contributed by atoms with E-state index in [1.807, 2.05) is 0 Å². The smallest absolute Gasteiger partial charge is 0.319 e. The van der Waals surface area contributed by atoms with E-state index in [4.69, 9.17) is 10.6 Å². The largest absolute Gasteiger partial charge is 0.465 e. The van der Waals surface area contributed by atoms with Crippen molar-refractivity contribution in [3.8, 4) is 0 Å². The predicted molar refractivity (Wildman–Crippen MR) is 59.9 cm³/mol. The molecule has 14 heavy (non-hydrogen) atoms. The van der Waals surface area contributed by atoms with Gasteiger partial charge in [0.1, 0.15) is 4.83 Å². The minimum Gasteiger partial charge on any atom is -0.465 e. The summed E-state index contributed by atoms with van der Waals surface area (Å²) in [5.41, 5.74) is 0. The number of esters is 1. The van der Waals surface area contributed by atoms with Gasteiger partial charge in [-0.2, -0.15) is 0 Å². The van der Waals surface area contributed by atoms with Gasteiger partial charge < -0.3 is 4.74 Å². The third-order valence-corrected chi connectivity index (χ3v) is 2.41. The minimum atomic E-state index is -0.279. The van der Waals surface area contributed by atoms with Crippen LogP contribution in [0.4, 0.5) is 0 Å². The summed E-state index contributed by atoms with van der Waals surface area (Å²) in [6.45, 7) is 6.99. The monoisotopic (exact) mass is 264 g/mol. The number of rotatable bonds is 7. The first kappa shape index (κ1) is 13.6. The highest BCUT2D eigenvalue weighted by atomic mass is 79.9. The molecular formula is C9H17BrN2O2. The van der Waals surface area contributed by atoms with Crippen molar-refractivity contribution in [3.63, 3.8) is 0 Å². The van der Waals surface area contributed by atoms with Gasteiger partial charge in [0.05, 0.1) is 6.61 Å². The first-order valence-electron chi connectivity index (χ1n) is 4.53. The molecule has 0 bridgehead atoms. The molecule has 0 spiro atoms. The van der Waals surface area contributed by atoms with Gasteiger partial charge >= 0.3 is 5.97 Å². The normalized spacial score (nSPS) is 12.6. The number of hydrazine groups is 1. The van der Waals surface area contributed by atoms with Gasteiger partial charge in [-0.15, -0.1) is 6.58 Å². The van der Waals surface area contributed by atoms with Crippen LogP contribution in [-0.2, 0) is 9.53 Å². The molecule has 0 aliphatic carbocycles. The molecule has 0 rings (SSSR count). The van der Waals surface area contributed by atoms with Crippen LogP contribution in [0.1, 0.15) is 13.3 Å². The molecule has 0 heterocycles. The summed E-state index contributed by atoms with van der Waals surface area (Å²) in [7, 11) is 0. The van der Waals surface area contributed by atoms with Gasteiger partial charge in [0.15, 0.2) is 0 Å². The zero-order valence-corrected chi connectivity index (χ0v) is 10.00. The highest BCUT2D eigenvalue weighted by molar-refractivity contribution is 9.10. The molecule has 0 aliphatic heterocycles. The van der Waals surface area contributed by atoms with Crippen LogP contribution in [0, 0.1) is 0 Å². The van der Waals surface area contributed by atoms with E-state index >= 15 is 0 Å². The van der Waals surface area contributed by atoms with E-state index in [9.17, 15) is 4.79 Å². The molecule has 1 unspecified atom stereocenters. The standard InChI is InChI=1S/C9H17BrN2O2/c1-3-6-12(11)7-5-8(10)9(13)14-4-2/h3,8H,1,4-7,11H2,2H3. The molecule has 0 amide bonds. The Labute approximate surface area is 93.2 Å². The third-order valence-electron chi connectivity index (χ3n) is 1.58. The number of ether oxygens (including phenoxy) is 1. The Balaban J connectivity index is 3.66. The molecule has 0 saturated heterocycles. The van der Waals surface area contributed by atoms with Gasteiger partial charge in [-0.3, -0.25) is 10.6 Å². The van der Waals surface area contributed by atoms with Crippen LogP contribution >= 0.6 is 15.9 Å². The maximum absolute atomic E-state index is 11.2. The molecule has 0 saturated carbocycles. The lowest BCUT2D eigenvalue weighted by molar-refractivity contribution is -0.142. The van der Waals surface area contributed by atoms with E-state index in [1.165, 1.54) is 0 Å². The van der Waals surface area contributed by atoms with Gasteiger partial charge in [-0.05, 0) is 13.3 Å². The first-order chi connectivity index (χ1) is 6.61. The number of halogens is 1. The molecule has 0 aromatic carbocycles. The van der Waals surface area contributed by atoms with Crippen LogP contribution < -0.4 is 5.84 Å². The lowest BCUT2D eigenvalue weighted by Crippen LogP contribution is -2.34. The Kier molecular flexibility index (Phi) is 7.74. The molecular weight excluding hydrogens is 248 g/mol. The van der Waals surface area contributed by atoms with E-state index in [0.717, 1.165) is 0 Å². The highest BCUT2D eigenvalue weighted by Gasteiger charge is 2.15. The molecule has 4 nitrogen and oxygen atoms in total. The van der Waals surface area contributed by atoms with Crippen LogP contribution in [0.3, 0.4) is 0 Å². The molecule has 0 aliphatic rings. The highest BCUT2D eigenvalue weighted by Crippen LogP contribution is 2.07. The summed E-state index contributed by atoms with van der Waals surface area (Å²) < 4.78 is 4.83. The first-order valence-corrected chi connectivity index (χ1v) is 5.44. The second-order valence-electron chi connectivity index (χ2n) is 2.79. The average molecular weight is 265 g/mol.